The molecule has 0 radical (unpaired) electrons. The summed E-state index contributed by atoms with van der Waals surface area (Å²) in [6, 6.07) is 4.16. The third kappa shape index (κ3) is 3.01. The lowest BCUT2D eigenvalue weighted by atomic mass is 9.90. The summed E-state index contributed by atoms with van der Waals surface area (Å²) in [5.74, 6) is 0.724. The van der Waals surface area contributed by atoms with Gasteiger partial charge in [-0.1, -0.05) is 0 Å². The van der Waals surface area contributed by atoms with E-state index in [9.17, 15) is 0 Å². The van der Waals surface area contributed by atoms with Crippen LogP contribution < -0.4 is 5.73 Å². The lowest BCUT2D eigenvalue weighted by molar-refractivity contribution is 0.0618. The maximum absolute atomic E-state index is 6.16. The second kappa shape index (κ2) is 5.24. The molecule has 1 aliphatic rings. The van der Waals surface area contributed by atoms with E-state index in [2.05, 4.69) is 4.98 Å². The fraction of sp³-hybridized carbons (Fsp3) is 0.583. The molecular weight excluding hydrogens is 188 g/mol. The van der Waals surface area contributed by atoms with Crippen LogP contribution in [0.5, 0.6) is 0 Å². The fourth-order valence-electron chi connectivity index (χ4n) is 2.09. The smallest absolute Gasteiger partial charge is 0.0468 e. The first-order valence-electron chi connectivity index (χ1n) is 5.59. The fourth-order valence-corrected chi connectivity index (χ4v) is 2.09. The van der Waals surface area contributed by atoms with Crippen LogP contribution in [0.3, 0.4) is 0 Å². The summed E-state index contributed by atoms with van der Waals surface area (Å²) >= 11 is 0. The van der Waals surface area contributed by atoms with Crippen LogP contribution in [0.4, 0.5) is 0 Å². The van der Waals surface area contributed by atoms with Crippen molar-refractivity contribution in [3.05, 3.63) is 30.1 Å². The summed E-state index contributed by atoms with van der Waals surface area (Å²) in [6.45, 7) is 1.79. The van der Waals surface area contributed by atoms with Gasteiger partial charge in [-0.3, -0.25) is 4.98 Å². The number of hydrogen-bond acceptors (Lipinski definition) is 3. The number of nitrogens with zero attached hydrogens (tertiary/aromatic N) is 1. The Labute approximate surface area is 90.7 Å². The van der Waals surface area contributed by atoms with E-state index in [1.807, 2.05) is 12.1 Å². The summed E-state index contributed by atoms with van der Waals surface area (Å²) in [6.07, 6.45) is 6.98. The molecule has 3 nitrogen and oxygen atoms in total. The number of aromatic nitrogens is 1. The molecule has 2 rings (SSSR count). The van der Waals surface area contributed by atoms with Crippen molar-refractivity contribution in [2.24, 2.45) is 11.7 Å². The van der Waals surface area contributed by atoms with Gasteiger partial charge < -0.3 is 10.5 Å². The first kappa shape index (κ1) is 10.6. The highest BCUT2D eigenvalue weighted by atomic mass is 16.5. The van der Waals surface area contributed by atoms with Gasteiger partial charge in [-0.05, 0) is 42.9 Å². The Balaban J connectivity index is 1.88. The van der Waals surface area contributed by atoms with Crippen LogP contribution >= 0.6 is 0 Å². The molecule has 15 heavy (non-hydrogen) atoms. The molecule has 1 saturated heterocycles. The van der Waals surface area contributed by atoms with Crippen molar-refractivity contribution in [3.8, 4) is 0 Å². The summed E-state index contributed by atoms with van der Waals surface area (Å²) in [4.78, 5) is 4.00. The normalized spacial score (nSPS) is 20.1. The SMILES string of the molecule is NC(CC1CCOCC1)c1ccncc1. The molecule has 0 spiro atoms. The third-order valence-corrected chi connectivity index (χ3v) is 3.06. The molecule has 1 unspecified atom stereocenters. The maximum Gasteiger partial charge on any atom is 0.0468 e. The first-order valence-corrected chi connectivity index (χ1v) is 5.59. The first-order chi connectivity index (χ1) is 7.36. The van der Waals surface area contributed by atoms with Gasteiger partial charge >= 0.3 is 0 Å². The zero-order valence-electron chi connectivity index (χ0n) is 8.93. The van der Waals surface area contributed by atoms with Crippen molar-refractivity contribution in [2.75, 3.05) is 13.2 Å². The minimum absolute atomic E-state index is 0.149. The van der Waals surface area contributed by atoms with E-state index in [-0.39, 0.29) is 6.04 Å². The zero-order chi connectivity index (χ0) is 10.5. The van der Waals surface area contributed by atoms with Crippen LogP contribution in [0.25, 0.3) is 0 Å². The van der Waals surface area contributed by atoms with E-state index in [1.165, 1.54) is 5.56 Å². The van der Waals surface area contributed by atoms with Gasteiger partial charge in [0.25, 0.3) is 0 Å². The van der Waals surface area contributed by atoms with Crippen LogP contribution in [0, 0.1) is 5.92 Å². The Morgan fingerprint density at radius 1 is 1.33 bits per heavy atom. The van der Waals surface area contributed by atoms with Gasteiger partial charge in [0.05, 0.1) is 0 Å². The summed E-state index contributed by atoms with van der Waals surface area (Å²) < 4.78 is 5.34. The van der Waals surface area contributed by atoms with Crippen molar-refractivity contribution in [1.82, 2.24) is 4.98 Å². The molecular formula is C12H18N2O. The van der Waals surface area contributed by atoms with E-state index in [4.69, 9.17) is 10.5 Å². The van der Waals surface area contributed by atoms with Crippen LogP contribution in [-0.4, -0.2) is 18.2 Å². The topological polar surface area (TPSA) is 48.1 Å². The van der Waals surface area contributed by atoms with Crippen molar-refractivity contribution < 1.29 is 4.74 Å². The lowest BCUT2D eigenvalue weighted by Gasteiger charge is -2.24. The van der Waals surface area contributed by atoms with Crippen molar-refractivity contribution >= 4 is 0 Å². The number of pyridine rings is 1. The molecule has 0 saturated carbocycles. The highest BCUT2D eigenvalue weighted by Gasteiger charge is 2.17. The quantitative estimate of drug-likeness (QED) is 0.821. The molecule has 0 aliphatic carbocycles. The van der Waals surface area contributed by atoms with Crippen LogP contribution in [0.15, 0.2) is 24.5 Å². The van der Waals surface area contributed by atoms with Gasteiger partial charge in [0, 0.05) is 31.6 Å². The molecule has 1 fully saturated rings. The molecule has 1 atom stereocenters. The second-order valence-electron chi connectivity index (χ2n) is 4.18. The minimum atomic E-state index is 0.149. The molecule has 0 aromatic carbocycles. The Bertz CT molecular complexity index is 283. The predicted molar refractivity (Wildman–Crippen MR) is 59.3 cm³/mol. The monoisotopic (exact) mass is 206 g/mol. The van der Waals surface area contributed by atoms with Crippen molar-refractivity contribution in [2.45, 2.75) is 25.3 Å². The Morgan fingerprint density at radius 3 is 2.67 bits per heavy atom. The highest BCUT2D eigenvalue weighted by molar-refractivity contribution is 5.14. The Hall–Kier alpha value is -0.930. The number of ether oxygens (including phenoxy) is 1. The molecule has 2 heterocycles. The van der Waals surface area contributed by atoms with E-state index in [1.54, 1.807) is 12.4 Å². The van der Waals surface area contributed by atoms with Gasteiger partial charge in [0.15, 0.2) is 0 Å². The van der Waals surface area contributed by atoms with E-state index in [0.717, 1.165) is 38.4 Å². The predicted octanol–water partition coefficient (Wildman–Crippen LogP) is 1.90. The molecule has 1 aromatic heterocycles. The summed E-state index contributed by atoms with van der Waals surface area (Å²) in [7, 11) is 0. The molecule has 0 bridgehead atoms. The van der Waals surface area contributed by atoms with E-state index >= 15 is 0 Å². The average molecular weight is 206 g/mol. The van der Waals surface area contributed by atoms with Crippen LogP contribution in [-0.2, 0) is 4.74 Å². The lowest BCUT2D eigenvalue weighted by Crippen LogP contribution is -2.21. The van der Waals surface area contributed by atoms with Crippen LogP contribution in [0.2, 0.25) is 0 Å². The molecule has 2 N–H and O–H groups in total. The van der Waals surface area contributed by atoms with E-state index in [0.29, 0.717) is 0 Å². The number of rotatable bonds is 3. The molecule has 1 aliphatic heterocycles. The van der Waals surface area contributed by atoms with Gasteiger partial charge in [-0.2, -0.15) is 0 Å². The minimum Gasteiger partial charge on any atom is -0.381 e. The highest BCUT2D eigenvalue weighted by Crippen LogP contribution is 2.25. The summed E-state index contributed by atoms with van der Waals surface area (Å²) in [5.41, 5.74) is 7.35. The maximum atomic E-state index is 6.16. The standard InChI is InChI=1S/C12H18N2O/c13-12(11-1-5-14-6-2-11)9-10-3-7-15-8-4-10/h1-2,5-6,10,12H,3-4,7-9,13H2. The molecule has 0 amide bonds. The number of nitrogens with two attached hydrogens (primary N) is 1. The van der Waals surface area contributed by atoms with Gasteiger partial charge in [-0.15, -0.1) is 0 Å². The van der Waals surface area contributed by atoms with Gasteiger partial charge in [0.1, 0.15) is 0 Å². The largest absolute Gasteiger partial charge is 0.381 e. The Morgan fingerprint density at radius 2 is 2.00 bits per heavy atom. The van der Waals surface area contributed by atoms with Gasteiger partial charge in [0.2, 0.25) is 0 Å². The molecule has 1 aromatic rings. The molecule has 82 valence electrons. The zero-order valence-corrected chi connectivity index (χ0v) is 8.93. The van der Waals surface area contributed by atoms with Gasteiger partial charge in [-0.25, -0.2) is 0 Å². The van der Waals surface area contributed by atoms with Crippen LogP contribution in [0.1, 0.15) is 30.9 Å². The second-order valence-corrected chi connectivity index (χ2v) is 4.18. The number of hydrogen-bond donors (Lipinski definition) is 1. The van der Waals surface area contributed by atoms with E-state index < -0.39 is 0 Å². The third-order valence-electron chi connectivity index (χ3n) is 3.06. The van der Waals surface area contributed by atoms with Crippen molar-refractivity contribution in [3.63, 3.8) is 0 Å². The Kier molecular flexibility index (Phi) is 3.69. The van der Waals surface area contributed by atoms with Crippen molar-refractivity contribution in [1.29, 1.82) is 0 Å². The molecule has 3 heteroatoms. The summed E-state index contributed by atoms with van der Waals surface area (Å²) in [5, 5.41) is 0. The average Bonchev–Trinajstić information content (AvgIpc) is 2.31.